The van der Waals surface area contributed by atoms with Gasteiger partial charge in [0.2, 0.25) is 0 Å². The van der Waals surface area contributed by atoms with Gasteiger partial charge in [-0.05, 0) is 17.7 Å². The van der Waals surface area contributed by atoms with E-state index in [4.69, 9.17) is 26.8 Å². The summed E-state index contributed by atoms with van der Waals surface area (Å²) >= 11 is 6.28. The van der Waals surface area contributed by atoms with Crippen molar-refractivity contribution in [2.24, 2.45) is 15.8 Å². The number of ether oxygens (including phenoxy) is 2. The van der Waals surface area contributed by atoms with Crippen molar-refractivity contribution in [1.29, 1.82) is 0 Å². The number of aliphatic imine (C=N–C) groups is 1. The number of hydrogen-bond donors (Lipinski definition) is 2. The van der Waals surface area contributed by atoms with Crippen LogP contribution in [0.2, 0.25) is 5.02 Å². The molecule has 2 aromatic carbocycles. The van der Waals surface area contributed by atoms with Crippen molar-refractivity contribution in [1.82, 2.24) is 0 Å². The molecule has 4 N–H and O–H groups in total. The molecule has 2 aromatic rings. The van der Waals surface area contributed by atoms with Crippen LogP contribution in [0.5, 0.6) is 11.5 Å². The smallest absolute Gasteiger partial charge is 0.318 e. The van der Waals surface area contributed by atoms with Crippen LogP contribution in [0, 0.1) is 0 Å². The molecule has 0 aliphatic carbocycles. The van der Waals surface area contributed by atoms with E-state index in [9.17, 15) is 0 Å². The predicted octanol–water partition coefficient (Wildman–Crippen LogP) is 1.77. The van der Waals surface area contributed by atoms with Gasteiger partial charge < -0.3 is 15.2 Å². The summed E-state index contributed by atoms with van der Waals surface area (Å²) < 4.78 is 10.4. The first-order chi connectivity index (χ1) is 11.7. The average molecular weight is 348 g/mol. The van der Waals surface area contributed by atoms with Crippen LogP contribution in [-0.2, 0) is 6.54 Å². The number of rotatable bonds is 6. The van der Waals surface area contributed by atoms with Crippen LogP contribution in [0.25, 0.3) is 0 Å². The van der Waals surface area contributed by atoms with Gasteiger partial charge in [-0.15, -0.1) is 0 Å². The fraction of sp³-hybridized carbons (Fsp3) is 0.176. The maximum absolute atomic E-state index is 6.28. The molecule has 7 heteroatoms. The van der Waals surface area contributed by atoms with E-state index in [0.717, 1.165) is 5.56 Å². The van der Waals surface area contributed by atoms with Gasteiger partial charge in [-0.2, -0.15) is 5.43 Å². The van der Waals surface area contributed by atoms with E-state index < -0.39 is 0 Å². The van der Waals surface area contributed by atoms with Crippen LogP contribution in [0.1, 0.15) is 11.1 Å². The normalized spacial score (nSPS) is 11.7. The molecule has 0 amide bonds. The van der Waals surface area contributed by atoms with Gasteiger partial charge in [0.15, 0.2) is 11.5 Å². The maximum Gasteiger partial charge on any atom is 0.318 e. The van der Waals surface area contributed by atoms with Gasteiger partial charge in [0.05, 0.1) is 32.0 Å². The highest BCUT2D eigenvalue weighted by atomic mass is 35.5. The number of hydrogen-bond acceptors (Lipinski definition) is 4. The molecule has 0 aliphatic rings. The van der Waals surface area contributed by atoms with Crippen molar-refractivity contribution in [3.05, 3.63) is 58.6 Å². The Kier molecular flexibility index (Phi) is 6.60. The average Bonchev–Trinajstić information content (AvgIpc) is 2.62. The first-order valence-corrected chi connectivity index (χ1v) is 7.64. The molecule has 126 valence electrons. The van der Waals surface area contributed by atoms with Crippen LogP contribution in [0.4, 0.5) is 0 Å². The van der Waals surface area contributed by atoms with Crippen LogP contribution in [0.3, 0.4) is 0 Å². The highest BCUT2D eigenvalue weighted by molar-refractivity contribution is 6.34. The Morgan fingerprint density at radius 3 is 2.58 bits per heavy atom. The van der Waals surface area contributed by atoms with Crippen molar-refractivity contribution < 1.29 is 14.9 Å². The van der Waals surface area contributed by atoms with Gasteiger partial charge in [-0.25, -0.2) is 4.99 Å². The molecule has 0 saturated carbocycles. The maximum atomic E-state index is 6.28. The van der Waals surface area contributed by atoms with Crippen LogP contribution in [-0.4, -0.2) is 26.4 Å². The number of benzene rings is 2. The molecule has 0 radical (unpaired) electrons. The highest BCUT2D eigenvalue weighted by Gasteiger charge is 2.12. The summed E-state index contributed by atoms with van der Waals surface area (Å²) in [5.41, 5.74) is 9.09. The number of halogens is 1. The third-order valence-electron chi connectivity index (χ3n) is 3.22. The number of nitrogens with two attached hydrogens (primary N) is 2. The minimum Gasteiger partial charge on any atom is -0.493 e. The first kappa shape index (κ1) is 17.8. The lowest BCUT2D eigenvalue weighted by Crippen LogP contribution is -2.85. The second kappa shape index (κ2) is 8.90. The molecule has 0 atom stereocenters. The minimum absolute atomic E-state index is 0.340. The Labute approximate surface area is 145 Å². The quantitative estimate of drug-likeness (QED) is 0.361. The van der Waals surface area contributed by atoms with E-state index in [1.54, 1.807) is 25.5 Å². The fourth-order valence-electron chi connectivity index (χ4n) is 2.00. The minimum atomic E-state index is 0.340. The van der Waals surface area contributed by atoms with E-state index in [0.29, 0.717) is 34.6 Å². The summed E-state index contributed by atoms with van der Waals surface area (Å²) in [5, 5.41) is 4.58. The molecule has 0 unspecified atom stereocenters. The first-order valence-electron chi connectivity index (χ1n) is 7.26. The number of methoxy groups -OCH3 is 2. The fourth-order valence-corrected chi connectivity index (χ4v) is 2.29. The molecule has 24 heavy (non-hydrogen) atoms. The molecule has 0 spiro atoms. The Bertz CT molecular complexity index is 733. The van der Waals surface area contributed by atoms with E-state index in [1.165, 1.54) is 12.5 Å². The van der Waals surface area contributed by atoms with Gasteiger partial charge in [0.1, 0.15) is 0 Å². The molecule has 0 aromatic heterocycles. The predicted molar refractivity (Wildman–Crippen MR) is 95.8 cm³/mol. The van der Waals surface area contributed by atoms with Gasteiger partial charge in [0.25, 0.3) is 0 Å². The highest BCUT2D eigenvalue weighted by Crippen LogP contribution is 2.36. The van der Waals surface area contributed by atoms with E-state index >= 15 is 0 Å². The third kappa shape index (κ3) is 4.71. The van der Waals surface area contributed by atoms with Crippen LogP contribution < -0.4 is 20.6 Å². The number of quaternary nitrogens is 1. The molecule has 0 saturated heterocycles. The molecule has 0 bridgehead atoms. The van der Waals surface area contributed by atoms with Crippen molar-refractivity contribution in [2.75, 3.05) is 14.2 Å². The molecular formula is C17H20ClN4O2+. The van der Waals surface area contributed by atoms with Gasteiger partial charge in [-0.3, -0.25) is 0 Å². The van der Waals surface area contributed by atoms with E-state index in [2.05, 4.69) is 10.1 Å². The topological polar surface area (TPSA) is 85.8 Å². The number of guanidine groups is 1. The summed E-state index contributed by atoms with van der Waals surface area (Å²) in [6, 6.07) is 13.4. The third-order valence-corrected chi connectivity index (χ3v) is 3.61. The zero-order valence-electron chi connectivity index (χ0n) is 13.6. The van der Waals surface area contributed by atoms with Gasteiger partial charge in [-0.1, -0.05) is 47.0 Å². The summed E-state index contributed by atoms with van der Waals surface area (Å²) in [7, 11) is 3.09. The summed E-state index contributed by atoms with van der Waals surface area (Å²) in [4.78, 5) is 4.26. The molecule has 0 fully saturated rings. The van der Waals surface area contributed by atoms with Crippen LogP contribution in [0.15, 0.2) is 52.6 Å². The molecule has 2 rings (SSSR count). The summed E-state index contributed by atoms with van der Waals surface area (Å²) in [6.07, 6.45) is 1.59. The lowest BCUT2D eigenvalue weighted by atomic mass is 10.2. The van der Waals surface area contributed by atoms with Crippen molar-refractivity contribution in [3.8, 4) is 11.5 Å². The Balaban J connectivity index is 2.01. The number of nitrogens with zero attached hydrogens (tertiary/aromatic N) is 2. The lowest BCUT2D eigenvalue weighted by molar-refractivity contribution is -0.547. The lowest BCUT2D eigenvalue weighted by Gasteiger charge is -2.10. The molecule has 0 aliphatic heterocycles. The van der Waals surface area contributed by atoms with Gasteiger partial charge in [0, 0.05) is 5.56 Å². The summed E-state index contributed by atoms with van der Waals surface area (Å²) in [5.74, 6) is 1.37. The second-order valence-corrected chi connectivity index (χ2v) is 5.22. The largest absolute Gasteiger partial charge is 0.493 e. The monoisotopic (exact) mass is 347 g/mol. The van der Waals surface area contributed by atoms with E-state index in [-0.39, 0.29) is 0 Å². The van der Waals surface area contributed by atoms with Crippen molar-refractivity contribution >= 4 is 23.8 Å². The van der Waals surface area contributed by atoms with Crippen molar-refractivity contribution in [2.45, 2.75) is 6.54 Å². The molecule has 6 nitrogen and oxygen atoms in total. The zero-order valence-corrected chi connectivity index (χ0v) is 14.3. The molecular weight excluding hydrogens is 328 g/mol. The SMILES string of the molecule is COc1ccc(C=N[NH2+]C(N)=NCc2ccccc2)c(Cl)c1OC. The zero-order chi connectivity index (χ0) is 17.4. The second-order valence-electron chi connectivity index (χ2n) is 4.84. The Morgan fingerprint density at radius 2 is 1.92 bits per heavy atom. The van der Waals surface area contributed by atoms with E-state index in [1.807, 2.05) is 30.3 Å². The van der Waals surface area contributed by atoms with Gasteiger partial charge >= 0.3 is 5.96 Å². The molecule has 0 heterocycles. The van der Waals surface area contributed by atoms with Crippen LogP contribution >= 0.6 is 11.6 Å². The Morgan fingerprint density at radius 1 is 1.17 bits per heavy atom. The summed E-state index contributed by atoms with van der Waals surface area (Å²) in [6.45, 7) is 0.510. The Hall–Kier alpha value is -2.57. The van der Waals surface area contributed by atoms with Crippen molar-refractivity contribution in [3.63, 3.8) is 0 Å². The standard InChI is InChI=1S/C17H19ClN4O2/c1-23-14-9-8-13(15(18)16(14)24-2)11-21-22-17(19)20-10-12-6-4-3-5-7-12/h3-9,11H,10H2,1-2H3,(H3,19,20,22)/p+1.